The largest absolute Gasteiger partial charge is 0.379 e. The molecule has 1 aromatic rings. The van der Waals surface area contributed by atoms with Gasteiger partial charge < -0.3 is 10.1 Å². The summed E-state index contributed by atoms with van der Waals surface area (Å²) in [4.78, 5) is 2.43. The molecule has 6 nitrogen and oxygen atoms in total. The Balaban J connectivity index is 1.59. The smallest absolute Gasteiger partial charge is 0.0997 e. The van der Waals surface area contributed by atoms with Gasteiger partial charge in [0.25, 0.3) is 0 Å². The van der Waals surface area contributed by atoms with E-state index in [1.165, 1.54) is 5.69 Å². The molecule has 1 N–H and O–H groups in total. The number of hydrogen-bond acceptors (Lipinski definition) is 5. The molecule has 1 aromatic heterocycles. The molecule has 3 heterocycles. The Labute approximate surface area is 101 Å². The highest BCUT2D eigenvalue weighted by Gasteiger charge is 2.17. The lowest BCUT2D eigenvalue weighted by Gasteiger charge is -2.26. The van der Waals surface area contributed by atoms with Gasteiger partial charge in [-0.15, -0.1) is 5.10 Å². The maximum Gasteiger partial charge on any atom is 0.0997 e. The van der Waals surface area contributed by atoms with Crippen LogP contribution in [-0.2, 0) is 24.2 Å². The van der Waals surface area contributed by atoms with E-state index in [-0.39, 0.29) is 0 Å². The summed E-state index contributed by atoms with van der Waals surface area (Å²) in [5.41, 5.74) is 2.44. The van der Waals surface area contributed by atoms with Crippen LogP contribution in [0.2, 0.25) is 0 Å². The zero-order valence-electron chi connectivity index (χ0n) is 10.1. The number of rotatable bonds is 3. The number of nitrogens with one attached hydrogen (secondary N) is 1. The summed E-state index contributed by atoms with van der Waals surface area (Å²) in [5.74, 6) is 0. The van der Waals surface area contributed by atoms with Gasteiger partial charge in [-0.1, -0.05) is 5.21 Å². The Bertz CT molecular complexity index is 372. The second-order valence-corrected chi connectivity index (χ2v) is 4.59. The second kappa shape index (κ2) is 5.12. The van der Waals surface area contributed by atoms with Crippen LogP contribution in [0.3, 0.4) is 0 Å². The molecule has 0 aliphatic carbocycles. The molecule has 2 aliphatic rings. The van der Waals surface area contributed by atoms with E-state index in [0.29, 0.717) is 0 Å². The summed E-state index contributed by atoms with van der Waals surface area (Å²) in [6.45, 7) is 7.70. The number of hydrogen-bond donors (Lipinski definition) is 1. The van der Waals surface area contributed by atoms with Gasteiger partial charge in [-0.2, -0.15) is 0 Å². The molecule has 3 rings (SSSR count). The van der Waals surface area contributed by atoms with Crippen LogP contribution in [0.15, 0.2) is 0 Å². The molecule has 2 aliphatic heterocycles. The Morgan fingerprint density at radius 2 is 2.12 bits per heavy atom. The van der Waals surface area contributed by atoms with Gasteiger partial charge in [-0.25, -0.2) is 4.68 Å². The lowest BCUT2D eigenvalue weighted by Crippen LogP contribution is -2.38. The van der Waals surface area contributed by atoms with Gasteiger partial charge in [0.1, 0.15) is 0 Å². The topological polar surface area (TPSA) is 55.2 Å². The maximum atomic E-state index is 5.34. The predicted molar refractivity (Wildman–Crippen MR) is 62.7 cm³/mol. The van der Waals surface area contributed by atoms with Crippen LogP contribution in [0.1, 0.15) is 11.4 Å². The van der Waals surface area contributed by atoms with E-state index in [4.69, 9.17) is 4.74 Å². The van der Waals surface area contributed by atoms with Gasteiger partial charge in [-0.05, 0) is 0 Å². The molecular weight excluding hydrogens is 218 g/mol. The third-order valence-electron chi connectivity index (χ3n) is 3.48. The zero-order chi connectivity index (χ0) is 11.5. The number of aromatic nitrogens is 3. The van der Waals surface area contributed by atoms with Gasteiger partial charge in [-0.3, -0.25) is 4.90 Å². The van der Waals surface area contributed by atoms with Crippen molar-refractivity contribution < 1.29 is 4.74 Å². The fourth-order valence-corrected chi connectivity index (χ4v) is 2.43. The summed E-state index contributed by atoms with van der Waals surface area (Å²) >= 11 is 0. The molecule has 0 radical (unpaired) electrons. The second-order valence-electron chi connectivity index (χ2n) is 4.59. The molecule has 0 aromatic carbocycles. The molecular formula is C11H19N5O. The Morgan fingerprint density at radius 3 is 3.00 bits per heavy atom. The monoisotopic (exact) mass is 237 g/mol. The van der Waals surface area contributed by atoms with Gasteiger partial charge in [0.2, 0.25) is 0 Å². The number of morpholine rings is 1. The minimum atomic E-state index is 0.861. The SMILES string of the molecule is C1Cc2c(nnn2CCN2CCOCC2)CN1. The first-order valence-corrected chi connectivity index (χ1v) is 6.35. The molecule has 0 unspecified atom stereocenters. The van der Waals surface area contributed by atoms with Crippen LogP contribution in [0.25, 0.3) is 0 Å². The van der Waals surface area contributed by atoms with Crippen molar-refractivity contribution in [1.82, 2.24) is 25.2 Å². The van der Waals surface area contributed by atoms with Crippen LogP contribution in [-0.4, -0.2) is 59.3 Å². The van der Waals surface area contributed by atoms with E-state index >= 15 is 0 Å². The zero-order valence-corrected chi connectivity index (χ0v) is 10.1. The molecule has 1 fully saturated rings. The molecule has 17 heavy (non-hydrogen) atoms. The van der Waals surface area contributed by atoms with Crippen molar-refractivity contribution in [3.63, 3.8) is 0 Å². The van der Waals surface area contributed by atoms with E-state index in [0.717, 1.165) is 64.6 Å². The number of nitrogens with zero attached hydrogens (tertiary/aromatic N) is 4. The summed E-state index contributed by atoms with van der Waals surface area (Å²) in [5, 5.41) is 11.8. The molecule has 0 bridgehead atoms. The van der Waals surface area contributed by atoms with Gasteiger partial charge in [0.05, 0.1) is 31.1 Å². The first-order valence-electron chi connectivity index (χ1n) is 6.35. The first-order chi connectivity index (χ1) is 8.43. The van der Waals surface area contributed by atoms with E-state index in [9.17, 15) is 0 Å². The highest BCUT2D eigenvalue weighted by atomic mass is 16.5. The highest BCUT2D eigenvalue weighted by molar-refractivity contribution is 5.13. The molecule has 1 saturated heterocycles. The fraction of sp³-hybridized carbons (Fsp3) is 0.818. The van der Waals surface area contributed by atoms with E-state index in [2.05, 4.69) is 25.2 Å². The minimum Gasteiger partial charge on any atom is -0.379 e. The summed E-state index contributed by atoms with van der Waals surface area (Å²) < 4.78 is 7.42. The van der Waals surface area contributed by atoms with Crippen LogP contribution in [0.5, 0.6) is 0 Å². The van der Waals surface area contributed by atoms with E-state index in [1.54, 1.807) is 0 Å². The number of ether oxygens (including phenoxy) is 1. The van der Waals surface area contributed by atoms with Crippen molar-refractivity contribution in [2.24, 2.45) is 0 Å². The average molecular weight is 237 g/mol. The van der Waals surface area contributed by atoms with Gasteiger partial charge >= 0.3 is 0 Å². The molecule has 0 atom stereocenters. The van der Waals surface area contributed by atoms with Crippen molar-refractivity contribution in [1.29, 1.82) is 0 Å². The quantitative estimate of drug-likeness (QED) is 0.750. The molecule has 0 saturated carbocycles. The summed E-state index contributed by atoms with van der Waals surface area (Å²) in [6, 6.07) is 0. The summed E-state index contributed by atoms with van der Waals surface area (Å²) in [7, 11) is 0. The molecule has 94 valence electrons. The normalized spacial score (nSPS) is 21.4. The van der Waals surface area contributed by atoms with Gasteiger partial charge in [0.15, 0.2) is 0 Å². The molecule has 0 amide bonds. The van der Waals surface area contributed by atoms with Crippen LogP contribution in [0, 0.1) is 0 Å². The number of fused-ring (bicyclic) bond motifs is 1. The van der Waals surface area contributed by atoms with Crippen LogP contribution >= 0.6 is 0 Å². The molecule has 0 spiro atoms. The predicted octanol–water partition coefficient (Wildman–Crippen LogP) is -0.744. The Kier molecular flexibility index (Phi) is 3.35. The minimum absolute atomic E-state index is 0.861. The van der Waals surface area contributed by atoms with Gasteiger partial charge in [0, 0.05) is 39.1 Å². The fourth-order valence-electron chi connectivity index (χ4n) is 2.43. The lowest BCUT2D eigenvalue weighted by molar-refractivity contribution is 0.0358. The van der Waals surface area contributed by atoms with E-state index in [1.807, 2.05) is 0 Å². The van der Waals surface area contributed by atoms with Crippen molar-refractivity contribution in [3.05, 3.63) is 11.4 Å². The average Bonchev–Trinajstić information content (AvgIpc) is 2.81. The van der Waals surface area contributed by atoms with Crippen LogP contribution in [0.4, 0.5) is 0 Å². The summed E-state index contributed by atoms with van der Waals surface area (Å²) in [6.07, 6.45) is 1.05. The van der Waals surface area contributed by atoms with Crippen molar-refractivity contribution in [3.8, 4) is 0 Å². The van der Waals surface area contributed by atoms with E-state index < -0.39 is 0 Å². The standard InChI is InChI=1S/C11H19N5O/c1-2-12-9-10-11(1)16(14-13-10)4-3-15-5-7-17-8-6-15/h12H,1-9H2. The molecule has 6 heteroatoms. The third-order valence-corrected chi connectivity index (χ3v) is 3.48. The van der Waals surface area contributed by atoms with Crippen molar-refractivity contribution in [2.45, 2.75) is 19.5 Å². The van der Waals surface area contributed by atoms with Crippen LogP contribution < -0.4 is 5.32 Å². The highest BCUT2D eigenvalue weighted by Crippen LogP contribution is 2.10. The lowest BCUT2D eigenvalue weighted by atomic mass is 10.2. The Hall–Kier alpha value is -0.980. The Morgan fingerprint density at radius 1 is 1.24 bits per heavy atom. The van der Waals surface area contributed by atoms with Crippen molar-refractivity contribution >= 4 is 0 Å². The maximum absolute atomic E-state index is 5.34. The first kappa shape index (κ1) is 11.1. The third kappa shape index (κ3) is 2.48. The van der Waals surface area contributed by atoms with Crippen molar-refractivity contribution in [2.75, 3.05) is 39.4 Å².